The number of esters is 1. The first-order valence-corrected chi connectivity index (χ1v) is 5.23. The van der Waals surface area contributed by atoms with E-state index in [-0.39, 0.29) is 23.9 Å². The predicted octanol–water partition coefficient (Wildman–Crippen LogP) is 1.40. The Morgan fingerprint density at radius 1 is 1.53 bits per heavy atom. The third-order valence-electron chi connectivity index (χ3n) is 3.22. The third kappa shape index (κ3) is 1.72. The van der Waals surface area contributed by atoms with Gasteiger partial charge in [-0.2, -0.15) is 5.26 Å². The maximum Gasteiger partial charge on any atom is 0.307 e. The zero-order valence-electron chi connectivity index (χ0n) is 9.08. The SMILES string of the molecule is CC1(C)CC2(CCO1)OC(=O)CC2C#N. The molecule has 2 fully saturated rings. The summed E-state index contributed by atoms with van der Waals surface area (Å²) in [5.74, 6) is -0.563. The monoisotopic (exact) mass is 209 g/mol. The van der Waals surface area contributed by atoms with Gasteiger partial charge in [-0.05, 0) is 13.8 Å². The number of carbonyl (C=O) groups excluding carboxylic acids is 1. The highest BCUT2D eigenvalue weighted by Gasteiger charge is 2.54. The molecule has 2 aliphatic rings. The first-order valence-electron chi connectivity index (χ1n) is 5.23. The molecule has 4 nitrogen and oxygen atoms in total. The van der Waals surface area contributed by atoms with Gasteiger partial charge < -0.3 is 9.47 Å². The molecule has 0 aromatic carbocycles. The lowest BCUT2D eigenvalue weighted by molar-refractivity contribution is -0.175. The number of hydrogen-bond acceptors (Lipinski definition) is 4. The first-order chi connectivity index (χ1) is 6.97. The lowest BCUT2D eigenvalue weighted by Crippen LogP contribution is -2.49. The van der Waals surface area contributed by atoms with Crippen molar-refractivity contribution in [1.29, 1.82) is 5.26 Å². The van der Waals surface area contributed by atoms with Crippen molar-refractivity contribution in [2.45, 2.75) is 44.3 Å². The van der Waals surface area contributed by atoms with Gasteiger partial charge in [0.05, 0.1) is 30.6 Å². The molecule has 2 atom stereocenters. The molecule has 2 aliphatic heterocycles. The fourth-order valence-electron chi connectivity index (χ4n) is 2.60. The summed E-state index contributed by atoms with van der Waals surface area (Å²) in [5.41, 5.74) is -0.897. The average molecular weight is 209 g/mol. The summed E-state index contributed by atoms with van der Waals surface area (Å²) < 4.78 is 11.0. The van der Waals surface area contributed by atoms with Gasteiger partial charge in [0.15, 0.2) is 0 Å². The van der Waals surface area contributed by atoms with E-state index in [1.165, 1.54) is 0 Å². The van der Waals surface area contributed by atoms with Gasteiger partial charge in [-0.3, -0.25) is 4.79 Å². The second-order valence-corrected chi connectivity index (χ2v) is 4.96. The Hall–Kier alpha value is -1.08. The molecule has 0 amide bonds. The van der Waals surface area contributed by atoms with Crippen LogP contribution >= 0.6 is 0 Å². The van der Waals surface area contributed by atoms with E-state index in [1.807, 2.05) is 13.8 Å². The molecule has 4 heteroatoms. The summed E-state index contributed by atoms with van der Waals surface area (Å²) in [4.78, 5) is 11.3. The molecule has 2 heterocycles. The van der Waals surface area contributed by atoms with Crippen LogP contribution in [0.15, 0.2) is 0 Å². The Morgan fingerprint density at radius 2 is 2.27 bits per heavy atom. The van der Waals surface area contributed by atoms with Crippen LogP contribution in [0.4, 0.5) is 0 Å². The normalized spacial score (nSPS) is 38.7. The summed E-state index contributed by atoms with van der Waals surface area (Å²) in [6.07, 6.45) is 1.48. The van der Waals surface area contributed by atoms with Gasteiger partial charge in [-0.15, -0.1) is 0 Å². The molecule has 0 aliphatic carbocycles. The van der Waals surface area contributed by atoms with Gasteiger partial charge in [-0.25, -0.2) is 0 Å². The number of carbonyl (C=O) groups is 1. The van der Waals surface area contributed by atoms with Gasteiger partial charge in [0.2, 0.25) is 0 Å². The molecule has 82 valence electrons. The van der Waals surface area contributed by atoms with Crippen LogP contribution in [0.5, 0.6) is 0 Å². The summed E-state index contributed by atoms with van der Waals surface area (Å²) in [7, 11) is 0. The molecule has 0 aromatic rings. The van der Waals surface area contributed by atoms with Crippen LogP contribution in [0.3, 0.4) is 0 Å². The summed E-state index contributed by atoms with van der Waals surface area (Å²) in [6.45, 7) is 4.49. The zero-order chi connectivity index (χ0) is 11.1. The highest BCUT2D eigenvalue weighted by atomic mass is 16.6. The quantitative estimate of drug-likeness (QED) is 0.566. The number of nitrogens with zero attached hydrogens (tertiary/aromatic N) is 1. The van der Waals surface area contributed by atoms with Crippen LogP contribution in [0.1, 0.15) is 33.1 Å². The van der Waals surface area contributed by atoms with E-state index in [9.17, 15) is 4.79 Å². The molecule has 0 aromatic heterocycles. The predicted molar refractivity (Wildman–Crippen MR) is 51.8 cm³/mol. The van der Waals surface area contributed by atoms with Crippen LogP contribution in [0.2, 0.25) is 0 Å². The number of hydrogen-bond donors (Lipinski definition) is 0. The maximum absolute atomic E-state index is 11.3. The van der Waals surface area contributed by atoms with E-state index in [0.29, 0.717) is 19.4 Å². The van der Waals surface area contributed by atoms with E-state index in [1.54, 1.807) is 0 Å². The molecule has 2 unspecified atom stereocenters. The smallest absolute Gasteiger partial charge is 0.307 e. The van der Waals surface area contributed by atoms with Crippen molar-refractivity contribution in [3.8, 4) is 6.07 Å². The van der Waals surface area contributed by atoms with E-state index < -0.39 is 5.60 Å². The Morgan fingerprint density at radius 3 is 2.87 bits per heavy atom. The molecule has 15 heavy (non-hydrogen) atoms. The summed E-state index contributed by atoms with van der Waals surface area (Å²) in [6, 6.07) is 2.19. The Bertz CT molecular complexity index is 331. The van der Waals surface area contributed by atoms with Crippen molar-refractivity contribution < 1.29 is 14.3 Å². The Balaban J connectivity index is 2.25. The second kappa shape index (κ2) is 3.21. The van der Waals surface area contributed by atoms with Gasteiger partial charge in [0.1, 0.15) is 5.60 Å². The van der Waals surface area contributed by atoms with Gasteiger partial charge in [-0.1, -0.05) is 0 Å². The highest BCUT2D eigenvalue weighted by Crippen LogP contribution is 2.45. The average Bonchev–Trinajstić information content (AvgIpc) is 2.39. The largest absolute Gasteiger partial charge is 0.457 e. The number of nitriles is 1. The fraction of sp³-hybridized carbons (Fsp3) is 0.818. The van der Waals surface area contributed by atoms with Crippen LogP contribution in [0, 0.1) is 17.2 Å². The van der Waals surface area contributed by atoms with Gasteiger partial charge in [0, 0.05) is 12.8 Å². The molecule has 2 rings (SSSR count). The molecular formula is C11H15NO3. The topological polar surface area (TPSA) is 59.3 Å². The first kappa shape index (κ1) is 10.4. The van der Waals surface area contributed by atoms with Crippen molar-refractivity contribution in [3.63, 3.8) is 0 Å². The molecule has 0 saturated carbocycles. The van der Waals surface area contributed by atoms with Gasteiger partial charge in [0.25, 0.3) is 0 Å². The van der Waals surface area contributed by atoms with Gasteiger partial charge >= 0.3 is 5.97 Å². The maximum atomic E-state index is 11.3. The van der Waals surface area contributed by atoms with E-state index >= 15 is 0 Å². The number of rotatable bonds is 0. The lowest BCUT2D eigenvalue weighted by atomic mass is 9.76. The van der Waals surface area contributed by atoms with Crippen molar-refractivity contribution in [2.75, 3.05) is 6.61 Å². The minimum atomic E-state index is -0.590. The molecule has 0 N–H and O–H groups in total. The summed E-state index contributed by atoms with van der Waals surface area (Å²) >= 11 is 0. The van der Waals surface area contributed by atoms with Crippen LogP contribution in [0.25, 0.3) is 0 Å². The van der Waals surface area contributed by atoms with E-state index in [2.05, 4.69) is 6.07 Å². The third-order valence-corrected chi connectivity index (χ3v) is 3.22. The Kier molecular flexibility index (Phi) is 2.23. The van der Waals surface area contributed by atoms with Crippen molar-refractivity contribution >= 4 is 5.97 Å². The van der Waals surface area contributed by atoms with Crippen molar-refractivity contribution in [1.82, 2.24) is 0 Å². The minimum absolute atomic E-state index is 0.229. The fourth-order valence-corrected chi connectivity index (χ4v) is 2.60. The molecule has 2 saturated heterocycles. The van der Waals surface area contributed by atoms with Crippen LogP contribution in [-0.4, -0.2) is 23.8 Å². The lowest BCUT2D eigenvalue weighted by Gasteiger charge is -2.42. The highest BCUT2D eigenvalue weighted by molar-refractivity contribution is 5.73. The van der Waals surface area contributed by atoms with E-state index in [4.69, 9.17) is 14.7 Å². The van der Waals surface area contributed by atoms with Crippen molar-refractivity contribution in [2.24, 2.45) is 5.92 Å². The second-order valence-electron chi connectivity index (χ2n) is 4.96. The van der Waals surface area contributed by atoms with Crippen LogP contribution in [-0.2, 0) is 14.3 Å². The molecule has 1 spiro atoms. The Labute approximate surface area is 89.2 Å². The molecule has 0 bridgehead atoms. The standard InChI is InChI=1S/C11H15NO3/c1-10(2)7-11(3-4-14-10)8(6-12)5-9(13)15-11/h8H,3-5,7H2,1-2H3. The van der Waals surface area contributed by atoms with Crippen LogP contribution < -0.4 is 0 Å². The molecule has 0 radical (unpaired) electrons. The van der Waals surface area contributed by atoms with E-state index in [0.717, 1.165) is 0 Å². The summed E-state index contributed by atoms with van der Waals surface area (Å²) in [5, 5.41) is 9.05. The molecular weight excluding hydrogens is 194 g/mol. The minimum Gasteiger partial charge on any atom is -0.457 e. The number of ether oxygens (including phenoxy) is 2. The zero-order valence-corrected chi connectivity index (χ0v) is 9.08. The van der Waals surface area contributed by atoms with Crippen molar-refractivity contribution in [3.05, 3.63) is 0 Å².